The maximum atomic E-state index is 13.2. The zero-order valence-corrected chi connectivity index (χ0v) is 15.2. The number of halogens is 1. The molecule has 4 rings (SSSR count). The van der Waals surface area contributed by atoms with Crippen LogP contribution in [-0.2, 0) is 4.74 Å². The summed E-state index contributed by atoms with van der Waals surface area (Å²) in [7, 11) is 1.59. The Morgan fingerprint density at radius 3 is 2.69 bits per heavy atom. The van der Waals surface area contributed by atoms with Crippen LogP contribution in [0.15, 0.2) is 52.4 Å². The van der Waals surface area contributed by atoms with E-state index in [0.717, 1.165) is 21.6 Å². The Hall–Kier alpha value is -2.64. The number of fused-ring (bicyclic) bond motifs is 1. The number of ether oxygens (including phenoxy) is 1. The third kappa shape index (κ3) is 3.23. The molecule has 0 spiro atoms. The maximum Gasteiger partial charge on any atom is 0.164 e. The van der Waals surface area contributed by atoms with E-state index in [1.54, 1.807) is 30.6 Å². The smallest absolute Gasteiger partial charge is 0.164 e. The molecule has 0 saturated carbocycles. The molecule has 0 bridgehead atoms. The summed E-state index contributed by atoms with van der Waals surface area (Å²) in [6.07, 6.45) is 1.53. The van der Waals surface area contributed by atoms with E-state index in [2.05, 4.69) is 15.3 Å². The standard InChI is InChI=1S/C19H17FN4OS/c1-11-9-15(21-10-11)23-19-17-14(7-8-26-17)22-18(24-19)16(25-2)12-3-5-13(20)6-4-12/h3-9,16H,10H2,1-2H3,(H,21,22,23,24). The second kappa shape index (κ2) is 6.93. The van der Waals surface area contributed by atoms with Crippen LogP contribution in [0.2, 0.25) is 0 Å². The summed E-state index contributed by atoms with van der Waals surface area (Å²) in [5.41, 5.74) is 2.83. The molecule has 2 aromatic heterocycles. The van der Waals surface area contributed by atoms with E-state index in [0.29, 0.717) is 18.2 Å². The minimum Gasteiger partial charge on any atom is -0.369 e. The van der Waals surface area contributed by atoms with Crippen LogP contribution < -0.4 is 5.32 Å². The summed E-state index contributed by atoms with van der Waals surface area (Å²) in [6, 6.07) is 8.13. The SMILES string of the molecule is COC(c1ccc(F)cc1)c1nc(NC2=NCC(C)=C2)c2sccc2n1. The Kier molecular flexibility index (Phi) is 4.48. The van der Waals surface area contributed by atoms with Crippen molar-refractivity contribution in [2.24, 2.45) is 4.99 Å². The molecule has 1 atom stereocenters. The molecular formula is C19H17FN4OS. The van der Waals surface area contributed by atoms with Gasteiger partial charge in [0.25, 0.3) is 0 Å². The van der Waals surface area contributed by atoms with Crippen LogP contribution in [-0.4, -0.2) is 29.5 Å². The van der Waals surface area contributed by atoms with Gasteiger partial charge >= 0.3 is 0 Å². The quantitative estimate of drug-likeness (QED) is 0.744. The lowest BCUT2D eigenvalue weighted by molar-refractivity contribution is 0.129. The maximum absolute atomic E-state index is 13.2. The Bertz CT molecular complexity index is 1010. The van der Waals surface area contributed by atoms with Crippen molar-refractivity contribution in [3.63, 3.8) is 0 Å². The molecule has 0 radical (unpaired) electrons. The normalized spacial score (nSPS) is 15.0. The van der Waals surface area contributed by atoms with E-state index in [9.17, 15) is 4.39 Å². The topological polar surface area (TPSA) is 59.4 Å². The lowest BCUT2D eigenvalue weighted by atomic mass is 10.1. The van der Waals surface area contributed by atoms with Crippen LogP contribution in [0.3, 0.4) is 0 Å². The molecule has 1 N–H and O–H groups in total. The number of nitrogens with one attached hydrogen (secondary N) is 1. The first-order chi connectivity index (χ1) is 12.6. The van der Waals surface area contributed by atoms with Crippen molar-refractivity contribution in [1.29, 1.82) is 0 Å². The molecule has 0 amide bonds. The molecule has 3 heterocycles. The highest BCUT2D eigenvalue weighted by atomic mass is 32.1. The van der Waals surface area contributed by atoms with Crippen LogP contribution in [0.4, 0.5) is 10.2 Å². The van der Waals surface area contributed by atoms with Crippen molar-refractivity contribution in [3.8, 4) is 0 Å². The van der Waals surface area contributed by atoms with Gasteiger partial charge in [-0.2, -0.15) is 0 Å². The molecule has 1 unspecified atom stereocenters. The van der Waals surface area contributed by atoms with Gasteiger partial charge in [-0.1, -0.05) is 12.1 Å². The van der Waals surface area contributed by atoms with Crippen molar-refractivity contribution in [2.45, 2.75) is 13.0 Å². The van der Waals surface area contributed by atoms with Gasteiger partial charge in [0.1, 0.15) is 17.8 Å². The summed E-state index contributed by atoms with van der Waals surface area (Å²) in [5.74, 6) is 1.72. The first-order valence-corrected chi connectivity index (χ1v) is 9.04. The van der Waals surface area contributed by atoms with Crippen LogP contribution in [0.1, 0.15) is 24.4 Å². The van der Waals surface area contributed by atoms with E-state index >= 15 is 0 Å². The van der Waals surface area contributed by atoms with E-state index in [1.165, 1.54) is 17.7 Å². The zero-order valence-electron chi connectivity index (χ0n) is 14.4. The number of nitrogens with zero attached hydrogens (tertiary/aromatic N) is 3. The molecule has 1 aliphatic rings. The molecule has 1 aromatic carbocycles. The minimum absolute atomic E-state index is 0.290. The molecule has 26 heavy (non-hydrogen) atoms. The summed E-state index contributed by atoms with van der Waals surface area (Å²) < 4.78 is 19.8. The Morgan fingerprint density at radius 2 is 2.00 bits per heavy atom. The number of rotatable bonds is 4. The van der Waals surface area contributed by atoms with Crippen LogP contribution >= 0.6 is 11.3 Å². The molecule has 5 nitrogen and oxygen atoms in total. The highest BCUT2D eigenvalue weighted by Gasteiger charge is 2.20. The molecule has 0 fully saturated rings. The average molecular weight is 368 g/mol. The number of amidine groups is 1. The summed E-state index contributed by atoms with van der Waals surface area (Å²) >= 11 is 1.57. The fourth-order valence-corrected chi connectivity index (χ4v) is 3.62. The monoisotopic (exact) mass is 368 g/mol. The van der Waals surface area contributed by atoms with Crippen LogP contribution in [0.25, 0.3) is 10.2 Å². The number of methoxy groups -OCH3 is 1. The third-order valence-corrected chi connectivity index (χ3v) is 5.00. The average Bonchev–Trinajstić information content (AvgIpc) is 3.26. The van der Waals surface area contributed by atoms with Gasteiger partial charge in [0.2, 0.25) is 0 Å². The lowest BCUT2D eigenvalue weighted by Gasteiger charge is -2.16. The largest absolute Gasteiger partial charge is 0.369 e. The minimum atomic E-state index is -0.483. The summed E-state index contributed by atoms with van der Waals surface area (Å²) in [6.45, 7) is 2.74. The molecule has 3 aromatic rings. The Labute approximate surface area is 154 Å². The summed E-state index contributed by atoms with van der Waals surface area (Å²) in [4.78, 5) is 13.8. The van der Waals surface area contributed by atoms with Gasteiger partial charge in [-0.05, 0) is 47.7 Å². The first-order valence-electron chi connectivity index (χ1n) is 8.16. The Balaban J connectivity index is 1.76. The zero-order chi connectivity index (χ0) is 18.1. The van der Waals surface area contributed by atoms with Gasteiger partial charge in [0.15, 0.2) is 11.6 Å². The highest BCUT2D eigenvalue weighted by Crippen LogP contribution is 2.31. The predicted octanol–water partition coefficient (Wildman–Crippen LogP) is 4.34. The van der Waals surface area contributed by atoms with E-state index in [4.69, 9.17) is 9.72 Å². The number of thiophene rings is 1. The number of aliphatic imine (C=N–C) groups is 1. The van der Waals surface area contributed by atoms with Crippen molar-refractivity contribution in [2.75, 3.05) is 19.0 Å². The lowest BCUT2D eigenvalue weighted by Crippen LogP contribution is -2.13. The molecule has 132 valence electrons. The van der Waals surface area contributed by atoms with Crippen molar-refractivity contribution >= 4 is 33.2 Å². The predicted molar refractivity (Wildman–Crippen MR) is 102 cm³/mol. The number of anilines is 1. The highest BCUT2D eigenvalue weighted by molar-refractivity contribution is 7.17. The molecule has 0 saturated heterocycles. The van der Waals surface area contributed by atoms with Crippen molar-refractivity contribution in [3.05, 3.63) is 64.6 Å². The van der Waals surface area contributed by atoms with E-state index < -0.39 is 6.10 Å². The molecular weight excluding hydrogens is 351 g/mol. The molecule has 7 heteroatoms. The molecule has 1 aliphatic heterocycles. The third-order valence-electron chi connectivity index (χ3n) is 4.09. The molecule has 0 aliphatic carbocycles. The fraction of sp³-hybridized carbons (Fsp3) is 0.211. The van der Waals surface area contributed by atoms with Crippen LogP contribution in [0.5, 0.6) is 0 Å². The van der Waals surface area contributed by atoms with Crippen molar-refractivity contribution in [1.82, 2.24) is 9.97 Å². The fourth-order valence-electron chi connectivity index (χ4n) is 2.84. The first kappa shape index (κ1) is 16.8. The van der Waals surface area contributed by atoms with Crippen LogP contribution in [0, 0.1) is 5.82 Å². The van der Waals surface area contributed by atoms with Gasteiger partial charge < -0.3 is 10.1 Å². The van der Waals surface area contributed by atoms with Gasteiger partial charge in [-0.25, -0.2) is 14.4 Å². The van der Waals surface area contributed by atoms with E-state index in [1.807, 2.05) is 24.4 Å². The second-order valence-electron chi connectivity index (χ2n) is 6.05. The number of aromatic nitrogens is 2. The van der Waals surface area contributed by atoms with Gasteiger partial charge in [0.05, 0.1) is 16.8 Å². The summed E-state index contributed by atoms with van der Waals surface area (Å²) in [5, 5.41) is 5.28. The van der Waals surface area contributed by atoms with E-state index in [-0.39, 0.29) is 5.82 Å². The van der Waals surface area contributed by atoms with Gasteiger partial charge in [-0.15, -0.1) is 11.3 Å². The van der Waals surface area contributed by atoms with Gasteiger partial charge in [-0.3, -0.25) is 4.99 Å². The number of hydrogen-bond acceptors (Lipinski definition) is 6. The van der Waals surface area contributed by atoms with Gasteiger partial charge in [0, 0.05) is 7.11 Å². The Morgan fingerprint density at radius 1 is 1.19 bits per heavy atom. The number of benzene rings is 1. The second-order valence-corrected chi connectivity index (χ2v) is 6.97. The number of hydrogen-bond donors (Lipinski definition) is 1. The van der Waals surface area contributed by atoms with Crippen molar-refractivity contribution < 1.29 is 9.13 Å².